The van der Waals surface area contributed by atoms with E-state index in [4.69, 9.17) is 14.2 Å². The van der Waals surface area contributed by atoms with Gasteiger partial charge in [-0.25, -0.2) is 17.6 Å². The first kappa shape index (κ1) is 25.6. The van der Waals surface area contributed by atoms with Crippen LogP contribution >= 0.6 is 0 Å². The first-order valence-corrected chi connectivity index (χ1v) is 12.6. The Hall–Kier alpha value is -2.98. The monoisotopic (exact) mass is 493 g/mol. The van der Waals surface area contributed by atoms with E-state index in [0.717, 1.165) is 0 Å². The van der Waals surface area contributed by atoms with Gasteiger partial charge in [-0.1, -0.05) is 0 Å². The number of rotatable bonds is 10. The highest BCUT2D eigenvalue weighted by Crippen LogP contribution is 2.25. The summed E-state index contributed by atoms with van der Waals surface area (Å²) in [5.41, 5.74) is 0.283. The summed E-state index contributed by atoms with van der Waals surface area (Å²) in [6, 6.07) is 11.3. The van der Waals surface area contributed by atoms with Crippen molar-refractivity contribution in [3.8, 4) is 5.75 Å². The maximum absolute atomic E-state index is 12.9. The van der Waals surface area contributed by atoms with E-state index in [0.29, 0.717) is 31.6 Å². The lowest BCUT2D eigenvalue weighted by Crippen LogP contribution is -2.40. The van der Waals surface area contributed by atoms with E-state index in [9.17, 15) is 22.4 Å². The third-order valence-electron chi connectivity index (χ3n) is 5.41. The standard InChI is InChI=1S/C24H28FNO7S/c1-2-31-23(27)18-4-10-22(11-5-18)34(29,30)26-14-12-19(13-15-26)24(28)33-17-3-16-32-21-8-6-20(25)7-9-21/h4-11,19H,2-3,12-17H2,1H3. The van der Waals surface area contributed by atoms with Crippen LogP contribution < -0.4 is 4.74 Å². The van der Waals surface area contributed by atoms with Gasteiger partial charge in [0.15, 0.2) is 0 Å². The molecular formula is C24H28FNO7S. The predicted molar refractivity (Wildman–Crippen MR) is 121 cm³/mol. The first-order chi connectivity index (χ1) is 16.3. The first-order valence-electron chi connectivity index (χ1n) is 11.1. The molecule has 0 saturated carbocycles. The second-order valence-electron chi connectivity index (χ2n) is 7.75. The van der Waals surface area contributed by atoms with Crippen LogP contribution in [-0.4, -0.2) is 57.6 Å². The Labute approximate surface area is 198 Å². The van der Waals surface area contributed by atoms with E-state index in [1.165, 1.54) is 52.8 Å². The lowest BCUT2D eigenvalue weighted by molar-refractivity contribution is -0.150. The summed E-state index contributed by atoms with van der Waals surface area (Å²) < 4.78 is 55.7. The molecular weight excluding hydrogens is 465 g/mol. The highest BCUT2D eigenvalue weighted by atomic mass is 32.2. The number of piperidine rings is 1. The average molecular weight is 494 g/mol. The highest BCUT2D eigenvalue weighted by Gasteiger charge is 2.32. The van der Waals surface area contributed by atoms with Gasteiger partial charge in [0.05, 0.1) is 36.2 Å². The van der Waals surface area contributed by atoms with Crippen LogP contribution in [0.15, 0.2) is 53.4 Å². The smallest absolute Gasteiger partial charge is 0.338 e. The van der Waals surface area contributed by atoms with Crippen molar-refractivity contribution in [1.29, 1.82) is 0 Å². The third kappa shape index (κ3) is 6.77. The summed E-state index contributed by atoms with van der Waals surface area (Å²) in [5.74, 6) is -1.02. The highest BCUT2D eigenvalue weighted by molar-refractivity contribution is 7.89. The van der Waals surface area contributed by atoms with Crippen LogP contribution in [0.25, 0.3) is 0 Å². The van der Waals surface area contributed by atoms with Crippen LogP contribution in [0.4, 0.5) is 4.39 Å². The Kier molecular flexibility index (Phi) is 9.00. The molecule has 0 spiro atoms. The molecule has 0 radical (unpaired) electrons. The Morgan fingerprint density at radius 1 is 0.971 bits per heavy atom. The molecule has 0 aromatic heterocycles. The molecule has 1 heterocycles. The number of sulfonamides is 1. The summed E-state index contributed by atoms with van der Waals surface area (Å²) in [4.78, 5) is 24.2. The Bertz CT molecular complexity index is 1060. The number of esters is 2. The topological polar surface area (TPSA) is 99.2 Å². The van der Waals surface area contributed by atoms with Gasteiger partial charge in [0.1, 0.15) is 11.6 Å². The Balaban J connectivity index is 1.41. The SMILES string of the molecule is CCOC(=O)c1ccc(S(=O)(=O)N2CCC(C(=O)OCCCOc3ccc(F)cc3)CC2)cc1. The van der Waals surface area contributed by atoms with Crippen molar-refractivity contribution < 1.29 is 36.6 Å². The number of ether oxygens (including phenoxy) is 3. The lowest BCUT2D eigenvalue weighted by Gasteiger charge is -2.30. The van der Waals surface area contributed by atoms with Crippen LogP contribution in [0, 0.1) is 11.7 Å². The summed E-state index contributed by atoms with van der Waals surface area (Å²) in [7, 11) is -3.73. The molecule has 0 bridgehead atoms. The number of hydrogen-bond donors (Lipinski definition) is 0. The molecule has 1 aliphatic heterocycles. The largest absolute Gasteiger partial charge is 0.493 e. The number of benzene rings is 2. The minimum Gasteiger partial charge on any atom is -0.493 e. The normalized spacial score (nSPS) is 15.0. The predicted octanol–water partition coefficient (Wildman–Crippen LogP) is 3.42. The van der Waals surface area contributed by atoms with Gasteiger partial charge in [-0.15, -0.1) is 0 Å². The maximum Gasteiger partial charge on any atom is 0.338 e. The summed E-state index contributed by atoms with van der Waals surface area (Å²) in [6.45, 7) is 2.85. The van der Waals surface area contributed by atoms with Gasteiger partial charge >= 0.3 is 11.9 Å². The van der Waals surface area contributed by atoms with Crippen LogP contribution in [0.3, 0.4) is 0 Å². The molecule has 0 amide bonds. The molecule has 1 aliphatic rings. The van der Waals surface area contributed by atoms with Gasteiger partial charge in [-0.05, 0) is 68.3 Å². The van der Waals surface area contributed by atoms with Crippen molar-refractivity contribution in [3.63, 3.8) is 0 Å². The molecule has 0 unspecified atom stereocenters. The van der Waals surface area contributed by atoms with Gasteiger partial charge in [0.25, 0.3) is 0 Å². The number of hydrogen-bond acceptors (Lipinski definition) is 7. The van der Waals surface area contributed by atoms with Crippen molar-refractivity contribution in [1.82, 2.24) is 4.31 Å². The summed E-state index contributed by atoms with van der Waals surface area (Å²) >= 11 is 0. The minimum atomic E-state index is -3.73. The van der Waals surface area contributed by atoms with Crippen molar-refractivity contribution >= 4 is 22.0 Å². The minimum absolute atomic E-state index is 0.0859. The lowest BCUT2D eigenvalue weighted by atomic mass is 9.98. The molecule has 1 fully saturated rings. The molecule has 0 atom stereocenters. The van der Waals surface area contributed by atoms with Crippen LogP contribution in [0.2, 0.25) is 0 Å². The zero-order valence-electron chi connectivity index (χ0n) is 18.9. The Morgan fingerprint density at radius 2 is 1.62 bits per heavy atom. The van der Waals surface area contributed by atoms with Gasteiger partial charge in [-0.3, -0.25) is 4.79 Å². The van der Waals surface area contributed by atoms with Crippen molar-refractivity contribution in [2.24, 2.45) is 5.92 Å². The second kappa shape index (κ2) is 11.9. The van der Waals surface area contributed by atoms with E-state index in [1.54, 1.807) is 6.92 Å². The number of nitrogens with zero attached hydrogens (tertiary/aromatic N) is 1. The molecule has 0 N–H and O–H groups in total. The zero-order chi connectivity index (χ0) is 24.6. The average Bonchev–Trinajstić information content (AvgIpc) is 2.85. The van der Waals surface area contributed by atoms with Crippen LogP contribution in [-0.2, 0) is 24.3 Å². The molecule has 184 valence electrons. The van der Waals surface area contributed by atoms with Gasteiger partial charge in [0, 0.05) is 19.5 Å². The van der Waals surface area contributed by atoms with Gasteiger partial charge < -0.3 is 14.2 Å². The molecule has 8 nitrogen and oxygen atoms in total. The number of halogens is 1. The Morgan fingerprint density at radius 3 is 2.24 bits per heavy atom. The van der Waals surface area contributed by atoms with Crippen molar-refractivity contribution in [3.05, 3.63) is 59.9 Å². The molecule has 3 rings (SSSR count). The quantitative estimate of drug-likeness (QED) is 0.369. The van der Waals surface area contributed by atoms with E-state index in [1.807, 2.05) is 0 Å². The second-order valence-corrected chi connectivity index (χ2v) is 9.68. The molecule has 34 heavy (non-hydrogen) atoms. The van der Waals surface area contributed by atoms with Crippen LogP contribution in [0.1, 0.15) is 36.5 Å². The van der Waals surface area contributed by atoms with Gasteiger partial charge in [0.2, 0.25) is 10.0 Å². The fourth-order valence-electron chi connectivity index (χ4n) is 3.53. The van der Waals surface area contributed by atoms with Crippen LogP contribution in [0.5, 0.6) is 5.75 Å². The molecule has 10 heteroatoms. The van der Waals surface area contributed by atoms with E-state index < -0.39 is 16.0 Å². The van der Waals surface area contributed by atoms with E-state index in [2.05, 4.69) is 0 Å². The van der Waals surface area contributed by atoms with Gasteiger partial charge in [-0.2, -0.15) is 4.31 Å². The van der Waals surface area contributed by atoms with E-state index >= 15 is 0 Å². The molecule has 0 aliphatic carbocycles. The van der Waals surface area contributed by atoms with Crippen molar-refractivity contribution in [2.45, 2.75) is 31.1 Å². The summed E-state index contributed by atoms with van der Waals surface area (Å²) in [6.07, 6.45) is 1.22. The molecule has 1 saturated heterocycles. The summed E-state index contributed by atoms with van der Waals surface area (Å²) in [5, 5.41) is 0. The number of carbonyl (C=O) groups is 2. The van der Waals surface area contributed by atoms with Crippen molar-refractivity contribution in [2.75, 3.05) is 32.9 Å². The molecule has 2 aromatic carbocycles. The van der Waals surface area contributed by atoms with E-state index in [-0.39, 0.29) is 54.5 Å². The number of carbonyl (C=O) groups excluding carboxylic acids is 2. The zero-order valence-corrected chi connectivity index (χ0v) is 19.8. The fraction of sp³-hybridized carbons (Fsp3) is 0.417. The third-order valence-corrected chi connectivity index (χ3v) is 7.32. The fourth-order valence-corrected chi connectivity index (χ4v) is 5.00. The molecule has 2 aromatic rings. The maximum atomic E-state index is 12.9.